The van der Waals surface area contributed by atoms with Gasteiger partial charge in [-0.3, -0.25) is 4.98 Å². The standard InChI is InChI=1S/C13H14F3N3/c1-2-19(8-13(14,15)16)12-4-3-11(17)9-5-6-18-7-10(9)12/h3-7H,2,8,17H2,1H3. The maximum atomic E-state index is 12.6. The number of alkyl halides is 3. The second-order valence-electron chi connectivity index (χ2n) is 4.22. The summed E-state index contributed by atoms with van der Waals surface area (Å²) in [5.41, 5.74) is 6.85. The van der Waals surface area contributed by atoms with E-state index in [9.17, 15) is 13.2 Å². The molecule has 1 aromatic heterocycles. The Morgan fingerprint density at radius 1 is 1.21 bits per heavy atom. The molecule has 0 saturated heterocycles. The highest BCUT2D eigenvalue weighted by Gasteiger charge is 2.30. The van der Waals surface area contributed by atoms with E-state index in [1.54, 1.807) is 37.5 Å². The van der Waals surface area contributed by atoms with Crippen molar-refractivity contribution < 1.29 is 13.2 Å². The van der Waals surface area contributed by atoms with Crippen LogP contribution in [-0.2, 0) is 0 Å². The van der Waals surface area contributed by atoms with Gasteiger partial charge in [-0.05, 0) is 25.1 Å². The number of halogens is 3. The summed E-state index contributed by atoms with van der Waals surface area (Å²) < 4.78 is 37.7. The Balaban J connectivity index is 2.52. The Morgan fingerprint density at radius 2 is 1.95 bits per heavy atom. The maximum absolute atomic E-state index is 12.6. The maximum Gasteiger partial charge on any atom is 0.405 e. The van der Waals surface area contributed by atoms with Crippen molar-refractivity contribution in [2.24, 2.45) is 0 Å². The molecule has 2 aromatic rings. The number of nitrogen functional groups attached to an aromatic ring is 1. The smallest absolute Gasteiger partial charge is 0.398 e. The Bertz CT molecular complexity index is 581. The summed E-state index contributed by atoms with van der Waals surface area (Å²) >= 11 is 0. The van der Waals surface area contributed by atoms with Gasteiger partial charge in [0.1, 0.15) is 6.54 Å². The molecule has 0 bridgehead atoms. The molecule has 0 aliphatic heterocycles. The Hall–Kier alpha value is -1.98. The fourth-order valence-corrected chi connectivity index (χ4v) is 2.06. The summed E-state index contributed by atoms with van der Waals surface area (Å²) in [6.45, 7) is 0.954. The van der Waals surface area contributed by atoms with E-state index in [2.05, 4.69) is 4.98 Å². The molecule has 2 rings (SSSR count). The van der Waals surface area contributed by atoms with Crippen molar-refractivity contribution in [3.8, 4) is 0 Å². The first-order valence-electron chi connectivity index (χ1n) is 5.86. The lowest BCUT2D eigenvalue weighted by Crippen LogP contribution is -2.34. The first-order chi connectivity index (χ1) is 8.92. The molecule has 19 heavy (non-hydrogen) atoms. The van der Waals surface area contributed by atoms with Gasteiger partial charge in [0.2, 0.25) is 0 Å². The lowest BCUT2D eigenvalue weighted by atomic mass is 10.1. The highest BCUT2D eigenvalue weighted by molar-refractivity contribution is 6.00. The molecule has 6 heteroatoms. The average Bonchev–Trinajstić information content (AvgIpc) is 2.36. The summed E-state index contributed by atoms with van der Waals surface area (Å²) in [7, 11) is 0. The Labute approximate surface area is 108 Å². The molecule has 0 atom stereocenters. The van der Waals surface area contributed by atoms with E-state index in [-0.39, 0.29) is 6.54 Å². The van der Waals surface area contributed by atoms with Crippen molar-refractivity contribution in [1.29, 1.82) is 0 Å². The zero-order valence-corrected chi connectivity index (χ0v) is 10.4. The molecule has 0 unspecified atom stereocenters. The molecule has 1 aromatic carbocycles. The van der Waals surface area contributed by atoms with Crippen LogP contribution in [0.25, 0.3) is 10.8 Å². The summed E-state index contributed by atoms with van der Waals surface area (Å²) in [6, 6.07) is 4.93. The number of fused-ring (bicyclic) bond motifs is 1. The lowest BCUT2D eigenvalue weighted by molar-refractivity contribution is -0.119. The van der Waals surface area contributed by atoms with Crippen LogP contribution < -0.4 is 10.6 Å². The van der Waals surface area contributed by atoms with Gasteiger partial charge in [-0.1, -0.05) is 0 Å². The largest absolute Gasteiger partial charge is 0.405 e. The number of hydrogen-bond donors (Lipinski definition) is 1. The van der Waals surface area contributed by atoms with Gasteiger partial charge in [-0.25, -0.2) is 0 Å². The van der Waals surface area contributed by atoms with Gasteiger partial charge >= 0.3 is 6.18 Å². The van der Waals surface area contributed by atoms with Crippen LogP contribution in [-0.4, -0.2) is 24.2 Å². The number of anilines is 2. The van der Waals surface area contributed by atoms with Crippen LogP contribution in [0.3, 0.4) is 0 Å². The molecular formula is C13H14F3N3. The fraction of sp³-hybridized carbons (Fsp3) is 0.308. The number of benzene rings is 1. The normalized spacial score (nSPS) is 11.8. The van der Waals surface area contributed by atoms with E-state index in [0.29, 0.717) is 22.1 Å². The monoisotopic (exact) mass is 269 g/mol. The van der Waals surface area contributed by atoms with E-state index >= 15 is 0 Å². The first kappa shape index (κ1) is 13.5. The zero-order valence-electron chi connectivity index (χ0n) is 10.4. The van der Waals surface area contributed by atoms with Crippen LogP contribution in [0.2, 0.25) is 0 Å². The van der Waals surface area contributed by atoms with Crippen molar-refractivity contribution in [1.82, 2.24) is 4.98 Å². The summed E-state index contributed by atoms with van der Waals surface area (Å²) in [5, 5.41) is 1.35. The molecule has 1 heterocycles. The number of rotatable bonds is 3. The van der Waals surface area contributed by atoms with Crippen molar-refractivity contribution in [3.63, 3.8) is 0 Å². The van der Waals surface area contributed by atoms with E-state index in [1.165, 1.54) is 4.90 Å². The van der Waals surface area contributed by atoms with E-state index in [1.807, 2.05) is 0 Å². The quantitative estimate of drug-likeness (QED) is 0.870. The minimum atomic E-state index is -4.24. The number of pyridine rings is 1. The van der Waals surface area contributed by atoms with Crippen molar-refractivity contribution in [3.05, 3.63) is 30.6 Å². The van der Waals surface area contributed by atoms with Crippen LogP contribution in [0.4, 0.5) is 24.5 Å². The van der Waals surface area contributed by atoms with Crippen LogP contribution >= 0.6 is 0 Å². The molecule has 0 radical (unpaired) electrons. The zero-order chi connectivity index (χ0) is 14.0. The van der Waals surface area contributed by atoms with Gasteiger partial charge in [0, 0.05) is 41.1 Å². The third-order valence-electron chi connectivity index (χ3n) is 2.92. The van der Waals surface area contributed by atoms with Gasteiger partial charge in [-0.2, -0.15) is 13.2 Å². The minimum absolute atomic E-state index is 0.257. The number of nitrogens with zero attached hydrogens (tertiary/aromatic N) is 2. The third kappa shape index (κ3) is 2.89. The van der Waals surface area contributed by atoms with Gasteiger partial charge in [0.25, 0.3) is 0 Å². The molecule has 0 saturated carbocycles. The summed E-state index contributed by atoms with van der Waals surface area (Å²) in [6.07, 6.45) is -1.13. The molecule has 0 fully saturated rings. The lowest BCUT2D eigenvalue weighted by Gasteiger charge is -2.26. The molecule has 0 aliphatic rings. The molecule has 0 aliphatic carbocycles. The van der Waals surface area contributed by atoms with E-state index in [0.717, 1.165) is 0 Å². The fourth-order valence-electron chi connectivity index (χ4n) is 2.06. The van der Waals surface area contributed by atoms with Crippen LogP contribution in [0.5, 0.6) is 0 Å². The molecule has 0 spiro atoms. The minimum Gasteiger partial charge on any atom is -0.398 e. The summed E-state index contributed by atoms with van der Waals surface area (Å²) in [5.74, 6) is 0. The number of aromatic nitrogens is 1. The topological polar surface area (TPSA) is 42.1 Å². The van der Waals surface area contributed by atoms with Crippen LogP contribution in [0.1, 0.15) is 6.92 Å². The average molecular weight is 269 g/mol. The van der Waals surface area contributed by atoms with Gasteiger partial charge in [0.15, 0.2) is 0 Å². The van der Waals surface area contributed by atoms with Crippen molar-refractivity contribution in [2.45, 2.75) is 13.1 Å². The van der Waals surface area contributed by atoms with E-state index < -0.39 is 12.7 Å². The number of nitrogens with two attached hydrogens (primary N) is 1. The van der Waals surface area contributed by atoms with Crippen LogP contribution in [0, 0.1) is 0 Å². The third-order valence-corrected chi connectivity index (χ3v) is 2.92. The van der Waals surface area contributed by atoms with Crippen molar-refractivity contribution >= 4 is 22.1 Å². The van der Waals surface area contributed by atoms with Gasteiger partial charge < -0.3 is 10.6 Å². The van der Waals surface area contributed by atoms with Crippen molar-refractivity contribution in [2.75, 3.05) is 23.7 Å². The molecule has 2 N–H and O–H groups in total. The predicted molar refractivity (Wildman–Crippen MR) is 70.1 cm³/mol. The van der Waals surface area contributed by atoms with Crippen LogP contribution in [0.15, 0.2) is 30.6 Å². The Kier molecular flexibility index (Phi) is 3.50. The second-order valence-corrected chi connectivity index (χ2v) is 4.22. The predicted octanol–water partition coefficient (Wildman–Crippen LogP) is 3.21. The second kappa shape index (κ2) is 4.95. The summed E-state index contributed by atoms with van der Waals surface area (Å²) in [4.78, 5) is 5.23. The molecule has 0 amide bonds. The highest BCUT2D eigenvalue weighted by Crippen LogP contribution is 2.31. The van der Waals surface area contributed by atoms with E-state index in [4.69, 9.17) is 5.73 Å². The Morgan fingerprint density at radius 3 is 2.58 bits per heavy atom. The van der Waals surface area contributed by atoms with Gasteiger partial charge in [-0.15, -0.1) is 0 Å². The number of hydrogen-bond acceptors (Lipinski definition) is 3. The highest BCUT2D eigenvalue weighted by atomic mass is 19.4. The molecule has 102 valence electrons. The van der Waals surface area contributed by atoms with Gasteiger partial charge in [0.05, 0.1) is 0 Å². The first-order valence-corrected chi connectivity index (χ1v) is 5.86. The molecular weight excluding hydrogens is 255 g/mol. The SMILES string of the molecule is CCN(CC(F)(F)F)c1ccc(N)c2ccncc12. The molecule has 3 nitrogen and oxygen atoms in total.